The summed E-state index contributed by atoms with van der Waals surface area (Å²) < 4.78 is 10.9. The van der Waals surface area contributed by atoms with Crippen LogP contribution in [0.4, 0.5) is 5.82 Å². The Kier molecular flexibility index (Phi) is 4.77. The number of carbonyl (C=O) groups excluding carboxylic acids is 1. The summed E-state index contributed by atoms with van der Waals surface area (Å²) in [6, 6.07) is 17.7. The van der Waals surface area contributed by atoms with Crippen molar-refractivity contribution in [3.8, 4) is 0 Å². The number of rotatable bonds is 3. The number of fused-ring (bicyclic) bond motifs is 1. The zero-order valence-corrected chi connectivity index (χ0v) is 16.7. The number of anilines is 1. The first-order valence-electron chi connectivity index (χ1n) is 9.99. The summed E-state index contributed by atoms with van der Waals surface area (Å²) in [4.78, 5) is 24.1. The molecule has 0 N–H and O–H groups in total. The van der Waals surface area contributed by atoms with Gasteiger partial charge < -0.3 is 14.4 Å². The average Bonchev–Trinajstić information content (AvgIpc) is 3.15. The molecule has 0 aliphatic carbocycles. The maximum absolute atomic E-state index is 12.5. The Balaban J connectivity index is 1.61. The molecular weight excluding hydrogens is 378 g/mol. The van der Waals surface area contributed by atoms with Gasteiger partial charge in [-0.3, -0.25) is 0 Å². The van der Waals surface area contributed by atoms with Crippen molar-refractivity contribution in [2.45, 2.75) is 6.92 Å². The molecule has 0 saturated carbocycles. The predicted octanol–water partition coefficient (Wildman–Crippen LogP) is 3.72. The van der Waals surface area contributed by atoms with Crippen molar-refractivity contribution in [1.29, 1.82) is 0 Å². The minimum atomic E-state index is -0.453. The number of aliphatic imine (C=N–C) groups is 1. The largest absolute Gasteiger partial charge is 0.402 e. The van der Waals surface area contributed by atoms with Crippen molar-refractivity contribution in [3.63, 3.8) is 0 Å². The van der Waals surface area contributed by atoms with E-state index < -0.39 is 5.97 Å². The molecule has 0 spiro atoms. The number of aryl methyl sites for hydroxylation is 1. The minimum Gasteiger partial charge on any atom is -0.402 e. The maximum Gasteiger partial charge on any atom is 0.363 e. The number of carbonyl (C=O) groups is 1. The van der Waals surface area contributed by atoms with Gasteiger partial charge in [0.2, 0.25) is 5.90 Å². The standard InChI is InChI=1S/C24H21N3O3/c1-16-7-8-20-18(13-16)14-19(22(25-20)27-9-11-29-12-10-27)15-21-24(28)30-23(26-21)17-5-3-2-4-6-17/h2-8,13-15H,9-12H2,1H3. The summed E-state index contributed by atoms with van der Waals surface area (Å²) in [7, 11) is 0. The fourth-order valence-electron chi connectivity index (χ4n) is 3.70. The number of pyridine rings is 1. The molecule has 0 atom stereocenters. The molecule has 2 aromatic carbocycles. The molecule has 0 unspecified atom stereocenters. The van der Waals surface area contributed by atoms with E-state index in [0.29, 0.717) is 19.1 Å². The van der Waals surface area contributed by atoms with E-state index in [9.17, 15) is 4.79 Å². The highest BCUT2D eigenvalue weighted by Crippen LogP contribution is 2.29. The van der Waals surface area contributed by atoms with Gasteiger partial charge in [0, 0.05) is 29.6 Å². The fraction of sp³-hybridized carbons (Fsp3) is 0.208. The summed E-state index contributed by atoms with van der Waals surface area (Å²) in [6.45, 7) is 4.87. The van der Waals surface area contributed by atoms with Crippen LogP contribution >= 0.6 is 0 Å². The van der Waals surface area contributed by atoms with Gasteiger partial charge in [-0.05, 0) is 43.3 Å². The van der Waals surface area contributed by atoms with Crippen LogP contribution in [0, 0.1) is 6.92 Å². The first-order chi connectivity index (χ1) is 14.7. The van der Waals surface area contributed by atoms with Crippen LogP contribution < -0.4 is 4.90 Å². The van der Waals surface area contributed by atoms with Crippen LogP contribution in [0.15, 0.2) is 65.3 Å². The van der Waals surface area contributed by atoms with Crippen molar-refractivity contribution in [2.24, 2.45) is 4.99 Å². The first-order valence-corrected chi connectivity index (χ1v) is 9.99. The van der Waals surface area contributed by atoms with Crippen LogP contribution in [0.2, 0.25) is 0 Å². The molecule has 1 aromatic heterocycles. The van der Waals surface area contributed by atoms with Crippen LogP contribution in [0.5, 0.6) is 0 Å². The van der Waals surface area contributed by atoms with Gasteiger partial charge in [-0.25, -0.2) is 14.8 Å². The third-order valence-electron chi connectivity index (χ3n) is 5.22. The summed E-state index contributed by atoms with van der Waals surface area (Å²) >= 11 is 0. The Morgan fingerprint density at radius 2 is 1.83 bits per heavy atom. The lowest BCUT2D eigenvalue weighted by Gasteiger charge is -2.29. The lowest BCUT2D eigenvalue weighted by atomic mass is 10.1. The Morgan fingerprint density at radius 3 is 2.63 bits per heavy atom. The quantitative estimate of drug-likeness (QED) is 0.496. The third kappa shape index (κ3) is 3.57. The molecule has 3 aromatic rings. The van der Waals surface area contributed by atoms with E-state index in [4.69, 9.17) is 14.5 Å². The van der Waals surface area contributed by atoms with Gasteiger partial charge in [0.15, 0.2) is 5.70 Å². The molecule has 150 valence electrons. The summed E-state index contributed by atoms with van der Waals surface area (Å²) in [5.41, 5.74) is 3.98. The SMILES string of the molecule is Cc1ccc2nc(N3CCOCC3)c(C=C3N=C(c4ccccc4)OC3=O)cc2c1. The van der Waals surface area contributed by atoms with Gasteiger partial charge in [-0.15, -0.1) is 0 Å². The second kappa shape index (κ2) is 7.72. The van der Waals surface area contributed by atoms with Crippen LogP contribution in [0.1, 0.15) is 16.7 Å². The normalized spacial score (nSPS) is 18.0. The molecule has 30 heavy (non-hydrogen) atoms. The van der Waals surface area contributed by atoms with Gasteiger partial charge in [0.05, 0.1) is 18.7 Å². The fourth-order valence-corrected chi connectivity index (χ4v) is 3.70. The second-order valence-electron chi connectivity index (χ2n) is 7.40. The number of hydrogen-bond donors (Lipinski definition) is 0. The van der Waals surface area contributed by atoms with Gasteiger partial charge in [0.25, 0.3) is 0 Å². The number of hydrogen-bond acceptors (Lipinski definition) is 6. The Labute approximate surface area is 174 Å². The lowest BCUT2D eigenvalue weighted by molar-refractivity contribution is -0.129. The lowest BCUT2D eigenvalue weighted by Crippen LogP contribution is -2.37. The molecule has 2 aliphatic heterocycles. The predicted molar refractivity (Wildman–Crippen MR) is 117 cm³/mol. The molecular formula is C24H21N3O3. The van der Waals surface area contributed by atoms with E-state index in [1.165, 1.54) is 0 Å². The van der Waals surface area contributed by atoms with Crippen molar-refractivity contribution < 1.29 is 14.3 Å². The first kappa shape index (κ1) is 18.5. The number of cyclic esters (lactones) is 1. The van der Waals surface area contributed by atoms with E-state index in [1.807, 2.05) is 36.4 Å². The van der Waals surface area contributed by atoms with Crippen molar-refractivity contribution in [2.75, 3.05) is 31.2 Å². The highest BCUT2D eigenvalue weighted by molar-refractivity contribution is 6.13. The van der Waals surface area contributed by atoms with Crippen LogP contribution in [-0.4, -0.2) is 43.2 Å². The van der Waals surface area contributed by atoms with E-state index in [1.54, 1.807) is 6.08 Å². The Hall–Kier alpha value is -3.51. The van der Waals surface area contributed by atoms with E-state index in [-0.39, 0.29) is 5.70 Å². The topological polar surface area (TPSA) is 64.0 Å². The monoisotopic (exact) mass is 399 g/mol. The molecule has 6 nitrogen and oxygen atoms in total. The summed E-state index contributed by atoms with van der Waals surface area (Å²) in [5.74, 6) is 0.703. The van der Waals surface area contributed by atoms with Crippen LogP contribution in [0.25, 0.3) is 17.0 Å². The van der Waals surface area contributed by atoms with E-state index >= 15 is 0 Å². The summed E-state index contributed by atoms with van der Waals surface area (Å²) in [6.07, 6.45) is 1.78. The molecule has 1 fully saturated rings. The van der Waals surface area contributed by atoms with Crippen LogP contribution in [0.3, 0.4) is 0 Å². The summed E-state index contributed by atoms with van der Waals surface area (Å²) in [5, 5.41) is 1.03. The Morgan fingerprint density at radius 1 is 1.03 bits per heavy atom. The highest BCUT2D eigenvalue weighted by Gasteiger charge is 2.25. The third-order valence-corrected chi connectivity index (χ3v) is 5.22. The number of morpholine rings is 1. The van der Waals surface area contributed by atoms with E-state index in [2.05, 4.69) is 35.0 Å². The smallest absolute Gasteiger partial charge is 0.363 e. The van der Waals surface area contributed by atoms with E-state index in [0.717, 1.165) is 46.5 Å². The van der Waals surface area contributed by atoms with Crippen molar-refractivity contribution >= 4 is 34.7 Å². The van der Waals surface area contributed by atoms with Gasteiger partial charge in [0.1, 0.15) is 5.82 Å². The molecule has 6 heteroatoms. The van der Waals surface area contributed by atoms with Crippen molar-refractivity contribution in [3.05, 3.63) is 77.0 Å². The zero-order valence-electron chi connectivity index (χ0n) is 16.7. The van der Waals surface area contributed by atoms with Gasteiger partial charge in [-0.2, -0.15) is 0 Å². The average molecular weight is 399 g/mol. The van der Waals surface area contributed by atoms with Crippen molar-refractivity contribution in [1.82, 2.24) is 4.98 Å². The molecule has 1 saturated heterocycles. The molecule has 0 bridgehead atoms. The highest BCUT2D eigenvalue weighted by atomic mass is 16.6. The molecule has 0 radical (unpaired) electrons. The number of nitrogens with zero attached hydrogens (tertiary/aromatic N) is 3. The Bertz CT molecular complexity index is 1180. The number of benzene rings is 2. The maximum atomic E-state index is 12.5. The second-order valence-corrected chi connectivity index (χ2v) is 7.40. The molecule has 0 amide bonds. The number of aromatic nitrogens is 1. The number of esters is 1. The minimum absolute atomic E-state index is 0.275. The molecule has 2 aliphatic rings. The molecule has 5 rings (SSSR count). The van der Waals surface area contributed by atoms with Gasteiger partial charge in [-0.1, -0.05) is 29.8 Å². The molecule has 3 heterocycles. The number of ether oxygens (including phenoxy) is 2. The van der Waals surface area contributed by atoms with Gasteiger partial charge >= 0.3 is 5.97 Å². The zero-order chi connectivity index (χ0) is 20.5. The van der Waals surface area contributed by atoms with Crippen LogP contribution in [-0.2, 0) is 14.3 Å².